The van der Waals surface area contributed by atoms with Gasteiger partial charge in [-0.1, -0.05) is 80.1 Å². The molecule has 3 aromatic carbocycles. The maximum Gasteiger partial charge on any atom is 0.243 e. The molecule has 3 rings (SSSR count). The summed E-state index contributed by atoms with van der Waals surface area (Å²) in [4.78, 5) is 28.9. The van der Waals surface area contributed by atoms with E-state index in [1.54, 1.807) is 17.0 Å². The summed E-state index contributed by atoms with van der Waals surface area (Å²) in [5, 5.41) is 3.02. The lowest BCUT2D eigenvalue weighted by Gasteiger charge is -2.32. The van der Waals surface area contributed by atoms with Gasteiger partial charge in [-0.05, 0) is 54.2 Å². The summed E-state index contributed by atoms with van der Waals surface area (Å²) in [6.45, 7) is 8.81. The van der Waals surface area contributed by atoms with Crippen LogP contribution < -0.4 is 5.32 Å². The fraction of sp³-hybridized carbons (Fsp3) is 0.333. The molecule has 4 nitrogen and oxygen atoms in total. The molecule has 0 aromatic heterocycles. The third-order valence-corrected chi connectivity index (χ3v) is 6.07. The topological polar surface area (TPSA) is 49.4 Å². The number of hydrogen-bond donors (Lipinski definition) is 1. The Labute approximate surface area is 208 Å². The van der Waals surface area contributed by atoms with Gasteiger partial charge in [0.15, 0.2) is 0 Å². The van der Waals surface area contributed by atoms with Crippen molar-refractivity contribution in [2.45, 2.75) is 53.1 Å². The Morgan fingerprint density at radius 3 is 2.26 bits per heavy atom. The Balaban J connectivity index is 1.97. The minimum Gasteiger partial charge on any atom is -0.354 e. The van der Waals surface area contributed by atoms with Crippen LogP contribution in [0, 0.1) is 25.6 Å². The highest BCUT2D eigenvalue weighted by Crippen LogP contribution is 2.19. The van der Waals surface area contributed by atoms with Gasteiger partial charge in [-0.3, -0.25) is 9.59 Å². The van der Waals surface area contributed by atoms with Crippen LogP contribution in [0.15, 0.2) is 72.8 Å². The Morgan fingerprint density at radius 2 is 1.60 bits per heavy atom. The predicted octanol–water partition coefficient (Wildman–Crippen LogP) is 5.40. The first-order chi connectivity index (χ1) is 16.7. The summed E-state index contributed by atoms with van der Waals surface area (Å²) >= 11 is 0. The number of amides is 2. The van der Waals surface area contributed by atoms with Crippen LogP contribution in [-0.4, -0.2) is 29.3 Å². The van der Waals surface area contributed by atoms with Gasteiger partial charge in [-0.25, -0.2) is 4.39 Å². The summed E-state index contributed by atoms with van der Waals surface area (Å²) in [5.74, 6) is -0.368. The van der Waals surface area contributed by atoms with Crippen LogP contribution in [0.2, 0.25) is 0 Å². The summed E-state index contributed by atoms with van der Waals surface area (Å²) in [6.07, 6.45) is 0.585. The molecule has 1 atom stereocenters. The molecule has 0 radical (unpaired) electrons. The first-order valence-electron chi connectivity index (χ1n) is 12.1. The lowest BCUT2D eigenvalue weighted by atomic mass is 9.99. The zero-order chi connectivity index (χ0) is 25.4. The molecule has 0 saturated carbocycles. The lowest BCUT2D eigenvalue weighted by Crippen LogP contribution is -2.51. The average Bonchev–Trinajstić information content (AvgIpc) is 2.83. The SMILES string of the molecule is Cc1ccc(C)c(CC(=O)N(Cc2ccc(F)cc2)C(Cc2ccccc2)C(=O)NCC(C)C)c1. The molecule has 0 heterocycles. The van der Waals surface area contributed by atoms with Gasteiger partial charge in [0, 0.05) is 19.5 Å². The van der Waals surface area contributed by atoms with Gasteiger partial charge in [0.2, 0.25) is 11.8 Å². The second-order valence-corrected chi connectivity index (χ2v) is 9.60. The molecule has 0 spiro atoms. The molecule has 2 amide bonds. The zero-order valence-corrected chi connectivity index (χ0v) is 21.1. The highest BCUT2D eigenvalue weighted by atomic mass is 19.1. The Hall–Kier alpha value is -3.47. The van der Waals surface area contributed by atoms with E-state index < -0.39 is 6.04 Å². The highest BCUT2D eigenvalue weighted by Gasteiger charge is 2.30. The first-order valence-corrected chi connectivity index (χ1v) is 12.1. The van der Waals surface area contributed by atoms with E-state index in [2.05, 4.69) is 5.32 Å². The number of benzene rings is 3. The molecule has 0 aliphatic heterocycles. The molecule has 3 aromatic rings. The van der Waals surface area contributed by atoms with Crippen LogP contribution >= 0.6 is 0 Å². The third kappa shape index (κ3) is 7.78. The molecule has 35 heavy (non-hydrogen) atoms. The monoisotopic (exact) mass is 474 g/mol. The molecule has 1 unspecified atom stereocenters. The van der Waals surface area contributed by atoms with E-state index in [1.165, 1.54) is 12.1 Å². The summed E-state index contributed by atoms with van der Waals surface area (Å²) < 4.78 is 13.6. The average molecular weight is 475 g/mol. The van der Waals surface area contributed by atoms with Gasteiger partial charge in [0.05, 0.1) is 6.42 Å². The van der Waals surface area contributed by atoms with E-state index >= 15 is 0 Å². The normalized spacial score (nSPS) is 11.8. The summed E-state index contributed by atoms with van der Waals surface area (Å²) in [7, 11) is 0. The number of carbonyl (C=O) groups excluding carboxylic acids is 2. The fourth-order valence-corrected chi connectivity index (χ4v) is 4.02. The third-order valence-electron chi connectivity index (χ3n) is 6.07. The van der Waals surface area contributed by atoms with Crippen molar-refractivity contribution < 1.29 is 14.0 Å². The van der Waals surface area contributed by atoms with Gasteiger partial charge < -0.3 is 10.2 Å². The molecular weight excluding hydrogens is 439 g/mol. The van der Waals surface area contributed by atoms with Crippen molar-refractivity contribution in [3.8, 4) is 0 Å². The van der Waals surface area contributed by atoms with Crippen LogP contribution in [0.5, 0.6) is 0 Å². The van der Waals surface area contributed by atoms with Crippen molar-refractivity contribution in [2.75, 3.05) is 6.54 Å². The van der Waals surface area contributed by atoms with Crippen molar-refractivity contribution in [1.82, 2.24) is 10.2 Å². The van der Waals surface area contributed by atoms with Crippen molar-refractivity contribution in [3.63, 3.8) is 0 Å². The van der Waals surface area contributed by atoms with Gasteiger partial charge in [0.25, 0.3) is 0 Å². The molecule has 0 bridgehead atoms. The number of halogens is 1. The molecule has 184 valence electrons. The summed E-state index contributed by atoms with van der Waals surface area (Å²) in [5.41, 5.74) is 4.81. The number of nitrogens with zero attached hydrogens (tertiary/aromatic N) is 1. The van der Waals surface area contributed by atoms with E-state index in [0.29, 0.717) is 13.0 Å². The van der Waals surface area contributed by atoms with Gasteiger partial charge >= 0.3 is 0 Å². The Bertz CT molecular complexity index is 1130. The van der Waals surface area contributed by atoms with Gasteiger partial charge in [-0.15, -0.1) is 0 Å². The number of carbonyl (C=O) groups is 2. The van der Waals surface area contributed by atoms with E-state index in [-0.39, 0.29) is 36.5 Å². The van der Waals surface area contributed by atoms with Crippen LogP contribution in [0.1, 0.15) is 41.7 Å². The van der Waals surface area contributed by atoms with E-state index in [4.69, 9.17) is 0 Å². The van der Waals surface area contributed by atoms with Gasteiger partial charge in [-0.2, -0.15) is 0 Å². The highest BCUT2D eigenvalue weighted by molar-refractivity contribution is 5.89. The maximum atomic E-state index is 13.8. The predicted molar refractivity (Wildman–Crippen MR) is 138 cm³/mol. The molecule has 0 fully saturated rings. The second kappa shape index (κ2) is 12.3. The van der Waals surface area contributed by atoms with Crippen molar-refractivity contribution in [2.24, 2.45) is 5.92 Å². The molecule has 0 aliphatic carbocycles. The minimum atomic E-state index is -0.696. The van der Waals surface area contributed by atoms with E-state index in [0.717, 1.165) is 27.8 Å². The van der Waals surface area contributed by atoms with Crippen LogP contribution in [0.3, 0.4) is 0 Å². The number of hydrogen-bond acceptors (Lipinski definition) is 2. The molecule has 0 saturated heterocycles. The fourth-order valence-electron chi connectivity index (χ4n) is 4.02. The van der Waals surface area contributed by atoms with Crippen LogP contribution in [0.25, 0.3) is 0 Å². The van der Waals surface area contributed by atoms with E-state index in [9.17, 15) is 14.0 Å². The quantitative estimate of drug-likeness (QED) is 0.428. The standard InChI is InChI=1S/C30H35FN2O2/c1-21(2)19-32-30(35)28(17-24-8-6-5-7-9-24)33(20-25-12-14-27(31)15-13-25)29(34)18-26-16-22(3)10-11-23(26)4/h5-16,21,28H,17-20H2,1-4H3,(H,32,35). The minimum absolute atomic E-state index is 0.136. The maximum absolute atomic E-state index is 13.8. The first kappa shape index (κ1) is 26.1. The molecule has 0 aliphatic rings. The largest absolute Gasteiger partial charge is 0.354 e. The van der Waals surface area contributed by atoms with Gasteiger partial charge in [0.1, 0.15) is 11.9 Å². The number of nitrogens with one attached hydrogen (secondary N) is 1. The Kier molecular flexibility index (Phi) is 9.18. The van der Waals surface area contributed by atoms with Crippen LogP contribution in [-0.2, 0) is 29.0 Å². The number of aryl methyl sites for hydroxylation is 2. The second-order valence-electron chi connectivity index (χ2n) is 9.60. The van der Waals surface area contributed by atoms with Crippen LogP contribution in [0.4, 0.5) is 4.39 Å². The zero-order valence-electron chi connectivity index (χ0n) is 21.1. The molecule has 5 heteroatoms. The van der Waals surface area contributed by atoms with Crippen molar-refractivity contribution >= 4 is 11.8 Å². The van der Waals surface area contributed by atoms with E-state index in [1.807, 2.05) is 76.2 Å². The molecular formula is C30H35FN2O2. The van der Waals surface area contributed by atoms with Crippen molar-refractivity contribution in [1.29, 1.82) is 0 Å². The lowest BCUT2D eigenvalue weighted by molar-refractivity contribution is -0.140. The molecule has 1 N–H and O–H groups in total. The number of rotatable bonds is 10. The summed E-state index contributed by atoms with van der Waals surface area (Å²) in [6, 6.07) is 21.2. The smallest absolute Gasteiger partial charge is 0.243 e. The van der Waals surface area contributed by atoms with Crippen molar-refractivity contribution in [3.05, 3.63) is 106 Å². The Morgan fingerprint density at radius 1 is 0.914 bits per heavy atom.